The number of amides is 2. The summed E-state index contributed by atoms with van der Waals surface area (Å²) >= 11 is 0. The molecule has 4 heteroatoms. The van der Waals surface area contributed by atoms with Crippen molar-refractivity contribution in [1.82, 2.24) is 4.90 Å². The molecule has 0 aromatic rings. The van der Waals surface area contributed by atoms with Gasteiger partial charge in [-0.25, -0.2) is 4.79 Å². The van der Waals surface area contributed by atoms with E-state index in [4.69, 9.17) is 5.73 Å². The van der Waals surface area contributed by atoms with Gasteiger partial charge in [-0.15, -0.1) is 0 Å². The van der Waals surface area contributed by atoms with E-state index in [9.17, 15) is 4.79 Å². The van der Waals surface area contributed by atoms with Gasteiger partial charge in [-0.1, -0.05) is 12.8 Å². The number of carbonyl (C=O) groups excluding carboxylic acids is 1. The van der Waals surface area contributed by atoms with Crippen LogP contribution in [0.15, 0.2) is 4.99 Å². The summed E-state index contributed by atoms with van der Waals surface area (Å²) in [5, 5.41) is 0. The molecule has 0 saturated heterocycles. The Labute approximate surface area is 71.4 Å². The Morgan fingerprint density at radius 3 is 2.50 bits per heavy atom. The number of hydrogen-bond acceptors (Lipinski definition) is 2. The van der Waals surface area contributed by atoms with Crippen molar-refractivity contribution in [3.63, 3.8) is 0 Å². The zero-order valence-corrected chi connectivity index (χ0v) is 7.21. The largest absolute Gasteiger partial charge is 0.385 e. The lowest BCUT2D eigenvalue weighted by Crippen LogP contribution is -2.50. The number of likely N-dealkylation sites (N-methyl/N-ethyl adjacent to an activating group) is 1. The van der Waals surface area contributed by atoms with Crippen molar-refractivity contribution in [1.29, 1.82) is 0 Å². The normalized spacial score (nSPS) is 26.9. The molecule has 0 bridgehead atoms. The molecule has 0 unspecified atom stereocenters. The molecule has 2 N–H and O–H groups in total. The van der Waals surface area contributed by atoms with Crippen LogP contribution < -0.4 is 5.73 Å². The van der Waals surface area contributed by atoms with Crippen LogP contribution in [0.4, 0.5) is 4.79 Å². The van der Waals surface area contributed by atoms with E-state index in [1.807, 2.05) is 0 Å². The van der Waals surface area contributed by atoms with Gasteiger partial charge >= 0.3 is 6.03 Å². The Balaban J connectivity index is 2.36. The van der Waals surface area contributed by atoms with Gasteiger partial charge in [-0.3, -0.25) is 0 Å². The van der Waals surface area contributed by atoms with Gasteiger partial charge in [0.15, 0.2) is 0 Å². The first-order valence-electron chi connectivity index (χ1n) is 4.29. The van der Waals surface area contributed by atoms with Crippen LogP contribution in [-0.4, -0.2) is 29.4 Å². The highest BCUT2D eigenvalue weighted by Crippen LogP contribution is 2.37. The first-order chi connectivity index (χ1) is 5.67. The molecule has 1 aliphatic heterocycles. The monoisotopic (exact) mass is 167 g/mol. The van der Waals surface area contributed by atoms with E-state index in [0.29, 0.717) is 5.84 Å². The van der Waals surface area contributed by atoms with Crippen LogP contribution in [0.2, 0.25) is 0 Å². The van der Waals surface area contributed by atoms with Crippen molar-refractivity contribution in [3.8, 4) is 0 Å². The van der Waals surface area contributed by atoms with Crippen molar-refractivity contribution in [2.45, 2.75) is 31.2 Å². The van der Waals surface area contributed by atoms with Gasteiger partial charge < -0.3 is 10.6 Å². The van der Waals surface area contributed by atoms with Gasteiger partial charge in [0.1, 0.15) is 11.4 Å². The third-order valence-corrected chi connectivity index (χ3v) is 3.05. The second-order valence-electron chi connectivity index (χ2n) is 3.58. The van der Waals surface area contributed by atoms with Crippen molar-refractivity contribution >= 4 is 11.9 Å². The number of rotatable bonds is 0. The van der Waals surface area contributed by atoms with Crippen molar-refractivity contribution < 1.29 is 4.79 Å². The van der Waals surface area contributed by atoms with Crippen LogP contribution in [0.3, 0.4) is 0 Å². The van der Waals surface area contributed by atoms with Crippen molar-refractivity contribution in [2.24, 2.45) is 10.7 Å². The molecule has 2 rings (SSSR count). The Morgan fingerprint density at radius 2 is 2.08 bits per heavy atom. The van der Waals surface area contributed by atoms with Gasteiger partial charge in [-0.05, 0) is 12.8 Å². The molecule has 1 saturated carbocycles. The fraction of sp³-hybridized carbons (Fsp3) is 0.750. The number of urea groups is 1. The van der Waals surface area contributed by atoms with Gasteiger partial charge in [0.05, 0.1) is 0 Å². The molecule has 0 radical (unpaired) electrons. The molecule has 0 atom stereocenters. The maximum Gasteiger partial charge on any atom is 0.345 e. The molecule has 1 heterocycles. The van der Waals surface area contributed by atoms with Gasteiger partial charge in [0.2, 0.25) is 0 Å². The van der Waals surface area contributed by atoms with E-state index in [2.05, 4.69) is 4.99 Å². The van der Waals surface area contributed by atoms with Crippen LogP contribution in [0.25, 0.3) is 0 Å². The van der Waals surface area contributed by atoms with Crippen LogP contribution in [-0.2, 0) is 0 Å². The molecule has 0 aromatic heterocycles. The molecule has 12 heavy (non-hydrogen) atoms. The quantitative estimate of drug-likeness (QED) is 0.578. The summed E-state index contributed by atoms with van der Waals surface area (Å²) in [5.74, 6) is 0.521. The van der Waals surface area contributed by atoms with Crippen LogP contribution in [0.5, 0.6) is 0 Å². The summed E-state index contributed by atoms with van der Waals surface area (Å²) in [6.45, 7) is 0. The fourth-order valence-electron chi connectivity index (χ4n) is 2.19. The van der Waals surface area contributed by atoms with Crippen LogP contribution in [0, 0.1) is 0 Å². The highest BCUT2D eigenvalue weighted by atomic mass is 16.2. The van der Waals surface area contributed by atoms with Crippen molar-refractivity contribution in [2.75, 3.05) is 7.05 Å². The van der Waals surface area contributed by atoms with Crippen molar-refractivity contribution in [3.05, 3.63) is 0 Å². The number of hydrogen-bond donors (Lipinski definition) is 1. The molecule has 0 aromatic carbocycles. The second-order valence-corrected chi connectivity index (χ2v) is 3.58. The number of carbonyl (C=O) groups is 1. The van der Waals surface area contributed by atoms with E-state index in [1.165, 1.54) is 0 Å². The molecule has 1 fully saturated rings. The van der Waals surface area contributed by atoms with E-state index < -0.39 is 0 Å². The first kappa shape index (κ1) is 7.58. The number of nitrogens with two attached hydrogens (primary N) is 1. The molecule has 1 spiro atoms. The minimum absolute atomic E-state index is 0.186. The van der Waals surface area contributed by atoms with E-state index in [0.717, 1.165) is 25.7 Å². The summed E-state index contributed by atoms with van der Waals surface area (Å²) in [7, 11) is 1.79. The molecule has 2 amide bonds. The van der Waals surface area contributed by atoms with E-state index >= 15 is 0 Å². The average Bonchev–Trinajstić information content (AvgIpc) is 2.57. The third-order valence-electron chi connectivity index (χ3n) is 3.05. The highest BCUT2D eigenvalue weighted by molar-refractivity contribution is 6.05. The predicted octanol–water partition coefficient (Wildman–Crippen LogP) is 0.722. The minimum Gasteiger partial charge on any atom is -0.385 e. The highest BCUT2D eigenvalue weighted by Gasteiger charge is 2.47. The van der Waals surface area contributed by atoms with E-state index in [-0.39, 0.29) is 11.6 Å². The predicted molar refractivity (Wildman–Crippen MR) is 46.0 cm³/mol. The Hall–Kier alpha value is -1.06. The van der Waals surface area contributed by atoms with Gasteiger partial charge in [-0.2, -0.15) is 4.99 Å². The molecule has 2 aliphatic rings. The molecule has 66 valence electrons. The summed E-state index contributed by atoms with van der Waals surface area (Å²) in [5.41, 5.74) is 5.53. The first-order valence-corrected chi connectivity index (χ1v) is 4.29. The lowest BCUT2D eigenvalue weighted by atomic mass is 9.96. The summed E-state index contributed by atoms with van der Waals surface area (Å²) in [6.07, 6.45) is 4.25. The number of nitrogens with zero attached hydrogens (tertiary/aromatic N) is 2. The number of aliphatic imine (C=N–C) groups is 1. The standard InChI is InChI=1S/C8H13N3O/c1-11-7(12)10-6(9)8(11)4-2-3-5-8/h2-5H2,1H3,(H2,9,10,12). The van der Waals surface area contributed by atoms with Crippen LogP contribution >= 0.6 is 0 Å². The van der Waals surface area contributed by atoms with E-state index in [1.54, 1.807) is 11.9 Å². The third kappa shape index (κ3) is 0.722. The Kier molecular flexibility index (Phi) is 1.40. The Morgan fingerprint density at radius 1 is 1.50 bits per heavy atom. The van der Waals surface area contributed by atoms with Gasteiger partial charge in [0, 0.05) is 7.05 Å². The second kappa shape index (κ2) is 2.21. The zero-order valence-electron chi connectivity index (χ0n) is 7.21. The smallest absolute Gasteiger partial charge is 0.345 e. The summed E-state index contributed by atoms with van der Waals surface area (Å²) in [6, 6.07) is -0.186. The molecular weight excluding hydrogens is 154 g/mol. The zero-order chi connectivity index (χ0) is 8.77. The lowest BCUT2D eigenvalue weighted by molar-refractivity contribution is 0.192. The summed E-state index contributed by atoms with van der Waals surface area (Å²) < 4.78 is 0. The summed E-state index contributed by atoms with van der Waals surface area (Å²) in [4.78, 5) is 16.7. The maximum absolute atomic E-state index is 11.2. The maximum atomic E-state index is 11.2. The molecule has 1 aliphatic carbocycles. The number of amidine groups is 1. The average molecular weight is 167 g/mol. The minimum atomic E-state index is -0.211. The topological polar surface area (TPSA) is 58.7 Å². The Bertz CT molecular complexity index is 253. The fourth-order valence-corrected chi connectivity index (χ4v) is 2.19. The SMILES string of the molecule is CN1C(=O)N=C(N)C12CCCC2. The molecular formula is C8H13N3O. The lowest BCUT2D eigenvalue weighted by Gasteiger charge is -2.30. The van der Waals surface area contributed by atoms with Crippen LogP contribution in [0.1, 0.15) is 25.7 Å². The van der Waals surface area contributed by atoms with Gasteiger partial charge in [0.25, 0.3) is 0 Å². The molecule has 4 nitrogen and oxygen atoms in total.